The standard InChI is InChI=1S/C4H3P/c1-2-5-3-4-5/h1,3,5H. The van der Waals surface area contributed by atoms with Crippen molar-refractivity contribution in [3.05, 3.63) is 5.82 Å². The summed E-state index contributed by atoms with van der Waals surface area (Å²) in [5, 5.41) is 0. The van der Waals surface area contributed by atoms with Crippen molar-refractivity contribution in [3.8, 4) is 12.1 Å². The second kappa shape index (κ2) is 0.798. The summed E-state index contributed by atoms with van der Waals surface area (Å²) in [6.07, 6.45) is 4.94. The van der Waals surface area contributed by atoms with Gasteiger partial charge < -0.3 is 0 Å². The smallest absolute Gasteiger partial charge is 0.0184 e. The summed E-state index contributed by atoms with van der Waals surface area (Å²) in [5.41, 5.74) is 5.50. The molecule has 0 radical (unpaired) electrons. The molecule has 0 amide bonds. The molecule has 0 saturated heterocycles. The van der Waals surface area contributed by atoms with Crippen LogP contribution in [0.1, 0.15) is 0 Å². The van der Waals surface area contributed by atoms with E-state index in [0.717, 1.165) is 0 Å². The van der Waals surface area contributed by atoms with Gasteiger partial charge in [0.2, 0.25) is 0 Å². The van der Waals surface area contributed by atoms with E-state index in [1.54, 1.807) is 0 Å². The van der Waals surface area contributed by atoms with Gasteiger partial charge in [-0.05, 0) is 5.82 Å². The van der Waals surface area contributed by atoms with Gasteiger partial charge in [-0.25, -0.2) is 0 Å². The lowest BCUT2D eigenvalue weighted by Gasteiger charge is -1.52. The average molecular weight is 82.0 g/mol. The van der Waals surface area contributed by atoms with Crippen LogP contribution in [0.15, 0.2) is 5.82 Å². The molecule has 0 fully saturated rings. The van der Waals surface area contributed by atoms with E-state index in [0.29, 0.717) is 0 Å². The van der Waals surface area contributed by atoms with Gasteiger partial charge in [-0.1, -0.05) is 5.66 Å². The Morgan fingerprint density at radius 3 is 2.60 bits per heavy atom. The quantitative estimate of drug-likeness (QED) is 0.298. The molecule has 1 rings (SSSR count). The van der Waals surface area contributed by atoms with Crippen molar-refractivity contribution >= 4 is 13.0 Å². The van der Waals surface area contributed by atoms with E-state index in [4.69, 9.17) is 6.42 Å². The van der Waals surface area contributed by atoms with E-state index in [-0.39, 0.29) is 0 Å². The molecule has 0 aromatic carbocycles. The Labute approximate surface area is 31.9 Å². The van der Waals surface area contributed by atoms with E-state index in [1.807, 2.05) is 5.82 Å². The van der Waals surface area contributed by atoms with Gasteiger partial charge in [0.1, 0.15) is 0 Å². The topological polar surface area (TPSA) is 0 Å². The molecule has 24 valence electrons. The molecule has 0 N–H and O–H groups in total. The normalized spacial score (nSPS) is 27.4. The highest BCUT2D eigenvalue weighted by Crippen LogP contribution is 2.27. The summed E-state index contributed by atoms with van der Waals surface area (Å²) in [4.78, 5) is 0. The summed E-state index contributed by atoms with van der Waals surface area (Å²) >= 11 is 0. The highest BCUT2D eigenvalue weighted by atomic mass is 31.1. The van der Waals surface area contributed by atoms with Crippen LogP contribution in [0.3, 0.4) is 0 Å². The van der Waals surface area contributed by atoms with Crippen molar-refractivity contribution in [2.24, 2.45) is 0 Å². The second-order valence-corrected chi connectivity index (χ2v) is 2.54. The average Bonchev–Trinajstić information content (AvgIpc) is 2.12. The van der Waals surface area contributed by atoms with Gasteiger partial charge in [0, 0.05) is 7.55 Å². The zero-order valence-corrected chi connectivity index (χ0v) is 3.65. The van der Waals surface area contributed by atoms with Crippen LogP contribution in [-0.4, -0.2) is 5.45 Å². The minimum absolute atomic E-state index is 0.471. The Kier molecular flexibility index (Phi) is 0.455. The molecule has 1 aliphatic heterocycles. The highest BCUT2D eigenvalue weighted by molar-refractivity contribution is 7.72. The molecule has 1 aliphatic rings. The first kappa shape index (κ1) is 2.86. The first-order valence-electron chi connectivity index (χ1n) is 1.37. The van der Waals surface area contributed by atoms with Gasteiger partial charge in [-0.15, -0.1) is 11.9 Å². The first-order chi connectivity index (χ1) is 2.43. The molecular formula is C4H3P. The molecule has 5 heavy (non-hydrogen) atoms. The summed E-state index contributed by atoms with van der Waals surface area (Å²) in [6.45, 7) is 0. The van der Waals surface area contributed by atoms with Crippen LogP contribution < -0.4 is 0 Å². The van der Waals surface area contributed by atoms with E-state index in [1.165, 1.54) is 0 Å². The molecule has 0 saturated carbocycles. The van der Waals surface area contributed by atoms with Crippen molar-refractivity contribution in [3.63, 3.8) is 0 Å². The van der Waals surface area contributed by atoms with Crippen LogP contribution in [0, 0.1) is 12.1 Å². The minimum atomic E-state index is -0.471. The van der Waals surface area contributed by atoms with E-state index >= 15 is 0 Å². The third-order valence-corrected chi connectivity index (χ3v) is 1.33. The summed E-state index contributed by atoms with van der Waals surface area (Å²) in [5.74, 6) is 1.96. The summed E-state index contributed by atoms with van der Waals surface area (Å²) in [7, 11) is -0.471. The van der Waals surface area contributed by atoms with Crippen LogP contribution in [0.5, 0.6) is 0 Å². The summed E-state index contributed by atoms with van der Waals surface area (Å²) < 4.78 is 0. The maximum Gasteiger partial charge on any atom is 0.0184 e. The van der Waals surface area contributed by atoms with Gasteiger partial charge in [0.15, 0.2) is 0 Å². The zero-order chi connectivity index (χ0) is 3.70. The lowest BCUT2D eigenvalue weighted by Crippen LogP contribution is -1.14. The van der Waals surface area contributed by atoms with Crippen LogP contribution in [0.25, 0.3) is 0 Å². The number of hydrogen-bond acceptors (Lipinski definition) is 0. The van der Waals surface area contributed by atoms with E-state index in [2.05, 4.69) is 11.1 Å². The van der Waals surface area contributed by atoms with E-state index < -0.39 is 7.55 Å². The fraction of sp³-hybridized carbons (Fsp3) is 0. The Hall–Kier alpha value is -0.360. The molecule has 0 aromatic rings. The molecule has 0 spiro atoms. The lowest BCUT2D eigenvalue weighted by atomic mass is 11.3. The number of terminal acetylenes is 1. The molecule has 1 heterocycles. The molecular weight excluding hydrogens is 79.0 g/mol. The lowest BCUT2D eigenvalue weighted by molar-refractivity contribution is 2.97. The fourth-order valence-electron chi connectivity index (χ4n) is 0.119. The Morgan fingerprint density at radius 2 is 2.60 bits per heavy atom. The van der Waals surface area contributed by atoms with Crippen molar-refractivity contribution in [2.75, 3.05) is 0 Å². The predicted molar refractivity (Wildman–Crippen MR) is 26.7 cm³/mol. The van der Waals surface area contributed by atoms with Gasteiger partial charge in [0.05, 0.1) is 0 Å². The first-order valence-corrected chi connectivity index (χ1v) is 2.94. The molecule has 0 bridgehead atoms. The maximum atomic E-state index is 4.94. The molecule has 0 aromatic heterocycles. The second-order valence-electron chi connectivity index (χ2n) is 0.847. The third kappa shape index (κ3) is 0.455. The molecule has 0 aliphatic carbocycles. The number of hydrogen-bond donors (Lipinski definition) is 0. The van der Waals surface area contributed by atoms with E-state index in [9.17, 15) is 0 Å². The minimum Gasteiger partial charge on any atom is -0.115 e. The fourth-order valence-corrected chi connectivity index (χ4v) is 0.575. The van der Waals surface area contributed by atoms with Crippen LogP contribution in [-0.2, 0) is 0 Å². The van der Waals surface area contributed by atoms with Crippen LogP contribution in [0.4, 0.5) is 0 Å². The predicted octanol–water partition coefficient (Wildman–Crippen LogP) is 0.720. The van der Waals surface area contributed by atoms with Crippen molar-refractivity contribution in [1.29, 1.82) is 0 Å². The van der Waals surface area contributed by atoms with Crippen LogP contribution >= 0.6 is 7.55 Å². The molecule has 1 heteroatoms. The van der Waals surface area contributed by atoms with Gasteiger partial charge in [-0.2, -0.15) is 0 Å². The Balaban J connectivity index is 2.69. The zero-order valence-electron chi connectivity index (χ0n) is 2.65. The monoisotopic (exact) mass is 82.0 g/mol. The molecule has 0 nitrogen and oxygen atoms in total. The highest BCUT2D eigenvalue weighted by Gasteiger charge is 1.84. The molecule has 1 atom stereocenters. The van der Waals surface area contributed by atoms with Gasteiger partial charge in [0.25, 0.3) is 0 Å². The van der Waals surface area contributed by atoms with Gasteiger partial charge in [-0.3, -0.25) is 0 Å². The van der Waals surface area contributed by atoms with Crippen LogP contribution in [0.2, 0.25) is 0 Å². The Bertz CT molecular complexity index is 142. The Morgan fingerprint density at radius 1 is 2.00 bits per heavy atom. The third-order valence-electron chi connectivity index (χ3n) is 0.444. The van der Waals surface area contributed by atoms with Crippen molar-refractivity contribution in [1.82, 2.24) is 0 Å². The number of rotatable bonds is 0. The van der Waals surface area contributed by atoms with Crippen molar-refractivity contribution in [2.45, 2.75) is 0 Å². The van der Waals surface area contributed by atoms with Crippen molar-refractivity contribution < 1.29 is 0 Å². The maximum absolute atomic E-state index is 4.94. The largest absolute Gasteiger partial charge is 0.115 e. The molecule has 1 unspecified atom stereocenters. The summed E-state index contributed by atoms with van der Waals surface area (Å²) in [6, 6.07) is 0. The van der Waals surface area contributed by atoms with Gasteiger partial charge >= 0.3 is 0 Å². The SMILES string of the molecule is C#C[PH]1=C=C1.